The van der Waals surface area contributed by atoms with E-state index in [2.05, 4.69) is 137 Å². The minimum absolute atomic E-state index is 1.28. The van der Waals surface area contributed by atoms with Gasteiger partial charge in [-0.25, -0.2) is 0 Å². The molecule has 0 N–H and O–H groups in total. The fourth-order valence-corrected chi connectivity index (χ4v) is 10.7. The van der Waals surface area contributed by atoms with Gasteiger partial charge in [0, 0.05) is 0 Å². The van der Waals surface area contributed by atoms with Crippen LogP contribution in [0.4, 0.5) is 0 Å². The fourth-order valence-electron chi connectivity index (χ4n) is 2.59. The van der Waals surface area contributed by atoms with Crippen molar-refractivity contribution >= 4 is 48.5 Å². The summed E-state index contributed by atoms with van der Waals surface area (Å²) in [6, 6.07) is 21.2. The molecule has 26 heavy (non-hydrogen) atoms. The average molecular weight is 454 g/mol. The molecule has 0 amide bonds. The molecular weight excluding hydrogens is 428 g/mol. The zero-order valence-electron chi connectivity index (χ0n) is 15.9. The summed E-state index contributed by atoms with van der Waals surface area (Å²) >= 11 is 3.74. The lowest BCUT2D eigenvalue weighted by molar-refractivity contribution is 1.72. The lowest BCUT2D eigenvalue weighted by Crippen LogP contribution is -2.56. The van der Waals surface area contributed by atoms with Crippen molar-refractivity contribution in [3.8, 4) is 22.2 Å². The molecule has 0 saturated heterocycles. The molecule has 2 aromatic rings. The van der Waals surface area contributed by atoms with Crippen LogP contribution in [-0.2, 0) is 0 Å². The van der Waals surface area contributed by atoms with Crippen LogP contribution < -0.4 is 10.4 Å². The summed E-state index contributed by atoms with van der Waals surface area (Å²) in [5, 5.41) is 2.56. The van der Waals surface area contributed by atoms with E-state index in [9.17, 15) is 0 Å². The van der Waals surface area contributed by atoms with Gasteiger partial charge < -0.3 is 0 Å². The van der Waals surface area contributed by atoms with Gasteiger partial charge in [0.05, 0.1) is 0 Å². The SMILES string of the molecule is C=C[Si](C#C[Si](C)(C)C#C[Si](C)(C)Br)(c1ccccc1)c1ccccc1. The number of rotatable bonds is 3. The monoisotopic (exact) mass is 452 g/mol. The Hall–Kier alpha value is -1.57. The second-order valence-electron chi connectivity index (χ2n) is 7.34. The van der Waals surface area contributed by atoms with E-state index in [1.165, 1.54) is 10.4 Å². The molecule has 0 aliphatic rings. The van der Waals surface area contributed by atoms with Crippen molar-refractivity contribution in [2.45, 2.75) is 26.2 Å². The van der Waals surface area contributed by atoms with Gasteiger partial charge in [-0.3, -0.25) is 0 Å². The second kappa shape index (κ2) is 8.41. The summed E-state index contributed by atoms with van der Waals surface area (Å²) in [6.45, 7) is 11.5. The third-order valence-corrected chi connectivity index (χ3v) is 10.9. The van der Waals surface area contributed by atoms with E-state index in [-0.39, 0.29) is 0 Å². The minimum Gasteiger partial charge on any atom is -0.123 e. The van der Waals surface area contributed by atoms with Crippen molar-refractivity contribution in [3.63, 3.8) is 0 Å². The largest absolute Gasteiger partial charge is 0.221 e. The third-order valence-electron chi connectivity index (χ3n) is 4.01. The second-order valence-corrected chi connectivity index (χ2v) is 23.7. The first-order valence-corrected chi connectivity index (χ1v) is 19.0. The normalized spacial score (nSPS) is 11.6. The van der Waals surface area contributed by atoms with Crippen LogP contribution in [0.5, 0.6) is 0 Å². The van der Waals surface area contributed by atoms with E-state index in [1.807, 2.05) is 0 Å². The van der Waals surface area contributed by atoms with Crippen LogP contribution >= 0.6 is 15.3 Å². The number of halogens is 1. The molecule has 0 atom stereocenters. The minimum atomic E-state index is -2.34. The Balaban J connectivity index is 2.61. The van der Waals surface area contributed by atoms with Gasteiger partial charge >= 0.3 is 0 Å². The first-order valence-electron chi connectivity index (χ1n) is 8.71. The maximum Gasteiger partial charge on any atom is 0.221 e. The summed E-state index contributed by atoms with van der Waals surface area (Å²) in [4.78, 5) is 0. The van der Waals surface area contributed by atoms with Gasteiger partial charge in [-0.05, 0) is 36.6 Å². The Labute approximate surface area is 169 Å². The predicted molar refractivity (Wildman–Crippen MR) is 128 cm³/mol. The van der Waals surface area contributed by atoms with E-state index >= 15 is 0 Å². The van der Waals surface area contributed by atoms with Crippen LogP contribution in [0, 0.1) is 22.2 Å². The molecule has 0 aliphatic heterocycles. The van der Waals surface area contributed by atoms with Crippen molar-refractivity contribution in [2.24, 2.45) is 0 Å². The highest BCUT2D eigenvalue weighted by Gasteiger charge is 2.33. The average Bonchev–Trinajstić information content (AvgIpc) is 2.62. The molecule has 0 radical (unpaired) electrons. The highest BCUT2D eigenvalue weighted by atomic mass is 79.9. The quantitative estimate of drug-likeness (QED) is 0.366. The van der Waals surface area contributed by atoms with Crippen molar-refractivity contribution in [3.05, 3.63) is 72.9 Å². The van der Waals surface area contributed by atoms with Crippen LogP contribution in [0.2, 0.25) is 26.2 Å². The molecule has 2 rings (SSSR count). The summed E-state index contributed by atoms with van der Waals surface area (Å²) in [5.41, 5.74) is 16.4. The van der Waals surface area contributed by atoms with Crippen LogP contribution in [-0.4, -0.2) is 22.8 Å². The highest BCUT2D eigenvalue weighted by Crippen LogP contribution is 2.11. The lowest BCUT2D eigenvalue weighted by atomic mass is 10.4. The molecule has 0 aromatic heterocycles. The smallest absolute Gasteiger partial charge is 0.123 e. The van der Waals surface area contributed by atoms with E-state index in [0.29, 0.717) is 0 Å². The Morgan fingerprint density at radius 3 is 1.54 bits per heavy atom. The number of benzene rings is 2. The van der Waals surface area contributed by atoms with Crippen molar-refractivity contribution in [1.82, 2.24) is 0 Å². The molecule has 0 aliphatic carbocycles. The van der Waals surface area contributed by atoms with Crippen molar-refractivity contribution < 1.29 is 0 Å². The molecule has 132 valence electrons. The van der Waals surface area contributed by atoms with Gasteiger partial charge in [-0.15, -0.1) is 44.0 Å². The van der Waals surface area contributed by atoms with Crippen LogP contribution in [0.1, 0.15) is 0 Å². The maximum absolute atomic E-state index is 4.21. The standard InChI is InChI=1S/C22H25BrSi3/c1-6-26(21-13-9-7-10-14-21,22-15-11-8-12-16-22)20-18-24(2,3)17-19-25(4,5)23/h6-16H,1H2,2-5H3. The lowest BCUT2D eigenvalue weighted by Gasteiger charge is -2.24. The van der Waals surface area contributed by atoms with E-state index < -0.39 is 22.8 Å². The molecule has 0 saturated carbocycles. The first kappa shape index (κ1) is 20.7. The van der Waals surface area contributed by atoms with Gasteiger partial charge in [-0.1, -0.05) is 66.4 Å². The number of hydrogen-bond acceptors (Lipinski definition) is 0. The topological polar surface area (TPSA) is 0 Å². The van der Waals surface area contributed by atoms with E-state index in [1.54, 1.807) is 0 Å². The summed E-state index contributed by atoms with van der Waals surface area (Å²) < 4.78 is 0. The summed E-state index contributed by atoms with van der Waals surface area (Å²) in [5.74, 6) is 0. The molecule has 0 spiro atoms. The molecule has 4 heteroatoms. The molecule has 0 nitrogen and oxygen atoms in total. The molecule has 2 aromatic carbocycles. The summed E-state index contributed by atoms with van der Waals surface area (Å²) in [6.07, 6.45) is 0. The fraction of sp³-hybridized carbons (Fsp3) is 0.182. The Morgan fingerprint density at radius 1 is 0.731 bits per heavy atom. The maximum atomic E-state index is 4.21. The summed E-state index contributed by atoms with van der Waals surface area (Å²) in [7, 11) is -4.27. The van der Waals surface area contributed by atoms with Crippen molar-refractivity contribution in [1.29, 1.82) is 0 Å². The zero-order valence-corrected chi connectivity index (χ0v) is 20.5. The molecule has 0 bridgehead atoms. The van der Waals surface area contributed by atoms with E-state index in [0.717, 1.165) is 0 Å². The predicted octanol–water partition coefficient (Wildman–Crippen LogP) is 4.45. The molecule has 0 fully saturated rings. The zero-order chi connectivity index (χ0) is 19.3. The van der Waals surface area contributed by atoms with Gasteiger partial charge in [0.15, 0.2) is 0 Å². The Kier molecular flexibility index (Phi) is 6.71. The van der Waals surface area contributed by atoms with Crippen LogP contribution in [0.25, 0.3) is 0 Å². The van der Waals surface area contributed by atoms with Gasteiger partial charge in [0.25, 0.3) is 0 Å². The first-order chi connectivity index (χ1) is 12.2. The van der Waals surface area contributed by atoms with Crippen molar-refractivity contribution in [2.75, 3.05) is 0 Å². The van der Waals surface area contributed by atoms with Gasteiger partial charge in [0.2, 0.25) is 22.8 Å². The Morgan fingerprint density at radius 2 is 1.15 bits per heavy atom. The highest BCUT2D eigenvalue weighted by molar-refractivity contribution is 9.26. The van der Waals surface area contributed by atoms with Crippen LogP contribution in [0.3, 0.4) is 0 Å². The third kappa shape index (κ3) is 5.46. The molecular formula is C22H25BrSi3. The Bertz CT molecular complexity index is 834. The van der Waals surface area contributed by atoms with E-state index in [4.69, 9.17) is 0 Å². The number of hydrogen-bond donors (Lipinski definition) is 0. The van der Waals surface area contributed by atoms with Gasteiger partial charge in [0.1, 0.15) is 0 Å². The molecule has 0 unspecified atom stereocenters. The molecule has 0 heterocycles. The van der Waals surface area contributed by atoms with Crippen LogP contribution in [0.15, 0.2) is 72.9 Å². The van der Waals surface area contributed by atoms with Gasteiger partial charge in [-0.2, -0.15) is 0 Å².